The summed E-state index contributed by atoms with van der Waals surface area (Å²) < 4.78 is 67.9. The van der Waals surface area contributed by atoms with E-state index in [9.17, 15) is 43.2 Å². The lowest BCUT2D eigenvalue weighted by Gasteiger charge is -2.21. The molecule has 0 aromatic carbocycles. The molecule has 3 unspecified atom stereocenters. The summed E-state index contributed by atoms with van der Waals surface area (Å²) in [7, 11) is -9.88. The first kappa shape index (κ1) is 80.1. The molecule has 0 saturated heterocycles. The average molecular weight is 1210 g/mol. The molecule has 0 heterocycles. The quantitative estimate of drug-likeness (QED) is 0.0222. The van der Waals surface area contributed by atoms with E-state index in [4.69, 9.17) is 37.0 Å². The predicted octanol–water partition coefficient (Wildman–Crippen LogP) is 17.4. The van der Waals surface area contributed by atoms with Crippen LogP contribution in [0.4, 0.5) is 0 Å². The van der Waals surface area contributed by atoms with Gasteiger partial charge in [-0.15, -0.1) is 0 Å². The molecule has 0 amide bonds. The van der Waals surface area contributed by atoms with Crippen LogP contribution in [-0.2, 0) is 65.4 Å². The summed E-state index contributed by atoms with van der Waals surface area (Å²) in [6.07, 6.45) is 40.2. The number of aliphatic hydroxyl groups excluding tert-OH is 1. The van der Waals surface area contributed by atoms with Crippen LogP contribution in [0.25, 0.3) is 0 Å². The van der Waals surface area contributed by atoms with Gasteiger partial charge >= 0.3 is 39.5 Å². The number of ether oxygens (including phenoxy) is 4. The molecule has 0 fully saturated rings. The lowest BCUT2D eigenvalue weighted by Crippen LogP contribution is -2.30. The Kier molecular flexibility index (Phi) is 55.5. The van der Waals surface area contributed by atoms with Crippen LogP contribution in [0, 0.1) is 5.92 Å². The Morgan fingerprint density at radius 2 is 0.585 bits per heavy atom. The summed E-state index contributed by atoms with van der Waals surface area (Å²) in [4.78, 5) is 72.1. The fourth-order valence-corrected chi connectivity index (χ4v) is 11.0. The highest BCUT2D eigenvalue weighted by atomic mass is 31.2. The van der Waals surface area contributed by atoms with Crippen molar-refractivity contribution < 1.29 is 80.2 Å². The van der Waals surface area contributed by atoms with E-state index in [0.717, 1.165) is 102 Å². The lowest BCUT2D eigenvalue weighted by molar-refractivity contribution is -0.161. The maximum atomic E-state index is 13.0. The van der Waals surface area contributed by atoms with Crippen molar-refractivity contribution in [1.29, 1.82) is 0 Å². The molecular formula is C63H122O17P2. The van der Waals surface area contributed by atoms with Crippen molar-refractivity contribution in [3.63, 3.8) is 0 Å². The second kappa shape index (κ2) is 56.8. The van der Waals surface area contributed by atoms with E-state index in [1.54, 1.807) is 0 Å². The molecule has 0 aromatic rings. The van der Waals surface area contributed by atoms with Gasteiger partial charge in [0.05, 0.1) is 26.4 Å². The molecule has 0 rings (SSSR count). The Morgan fingerprint density at radius 1 is 0.341 bits per heavy atom. The maximum absolute atomic E-state index is 13.0. The van der Waals surface area contributed by atoms with Crippen molar-refractivity contribution in [3.8, 4) is 0 Å². The molecule has 17 nitrogen and oxygen atoms in total. The number of esters is 4. The number of hydrogen-bond acceptors (Lipinski definition) is 15. The van der Waals surface area contributed by atoms with Crippen molar-refractivity contribution in [2.24, 2.45) is 5.92 Å². The van der Waals surface area contributed by atoms with Crippen molar-refractivity contribution in [1.82, 2.24) is 0 Å². The van der Waals surface area contributed by atoms with Crippen LogP contribution in [0.3, 0.4) is 0 Å². The smallest absolute Gasteiger partial charge is 0.462 e. The van der Waals surface area contributed by atoms with Gasteiger partial charge in [0.15, 0.2) is 12.2 Å². The van der Waals surface area contributed by atoms with Gasteiger partial charge < -0.3 is 33.8 Å². The second-order valence-electron chi connectivity index (χ2n) is 23.0. The normalized spacial score (nSPS) is 14.6. The first-order chi connectivity index (χ1) is 39.6. The fourth-order valence-electron chi connectivity index (χ4n) is 9.37. The van der Waals surface area contributed by atoms with E-state index >= 15 is 0 Å². The van der Waals surface area contributed by atoms with Gasteiger partial charge in [-0.3, -0.25) is 37.3 Å². The number of rotatable bonds is 63. The number of carbonyl (C=O) groups is 4. The zero-order chi connectivity index (χ0) is 60.6. The molecule has 0 bridgehead atoms. The topological polar surface area (TPSA) is 237 Å². The summed E-state index contributed by atoms with van der Waals surface area (Å²) >= 11 is 0. The molecular weight excluding hydrogens is 1090 g/mol. The molecule has 3 N–H and O–H groups in total. The van der Waals surface area contributed by atoms with Crippen molar-refractivity contribution in [3.05, 3.63) is 0 Å². The van der Waals surface area contributed by atoms with E-state index in [-0.39, 0.29) is 25.7 Å². The number of phosphoric acid groups is 2. The Hall–Kier alpha value is -1.94. The van der Waals surface area contributed by atoms with Gasteiger partial charge in [0.1, 0.15) is 19.3 Å². The summed E-state index contributed by atoms with van der Waals surface area (Å²) in [5.74, 6) is -1.36. The lowest BCUT2D eigenvalue weighted by atomic mass is 9.99. The van der Waals surface area contributed by atoms with Gasteiger partial charge in [0.25, 0.3) is 0 Å². The highest BCUT2D eigenvalue weighted by Gasteiger charge is 2.30. The molecule has 82 heavy (non-hydrogen) atoms. The molecule has 0 aliphatic rings. The monoisotopic (exact) mass is 1210 g/mol. The number of phosphoric ester groups is 2. The Balaban J connectivity index is 5.23. The van der Waals surface area contributed by atoms with Gasteiger partial charge in [-0.1, -0.05) is 266 Å². The Bertz CT molecular complexity index is 1600. The van der Waals surface area contributed by atoms with Crippen molar-refractivity contribution >= 4 is 39.5 Å². The molecule has 0 aliphatic carbocycles. The number of unbranched alkanes of at least 4 members (excludes halogenated alkanes) is 34. The third-order valence-corrected chi connectivity index (χ3v) is 16.8. The highest BCUT2D eigenvalue weighted by molar-refractivity contribution is 7.47. The summed E-state index contributed by atoms with van der Waals surface area (Å²) in [6, 6.07) is 0. The van der Waals surface area contributed by atoms with Gasteiger partial charge in [0.2, 0.25) is 0 Å². The number of aliphatic hydroxyl groups is 1. The molecule has 486 valence electrons. The van der Waals surface area contributed by atoms with Gasteiger partial charge in [0, 0.05) is 25.7 Å². The van der Waals surface area contributed by atoms with Gasteiger partial charge in [-0.25, -0.2) is 9.13 Å². The SMILES string of the molecule is CCCCCCCCCCCCCCCC(=O)O[C@H](COC(=O)CCCCCCCCCCC(C)CC)COP(=O)(O)OC[C@@H](O)COP(=O)(O)OC[C@@H](COC(=O)CCCCCCCCCC)OC(=O)CCCCCCCCCCC. The molecule has 0 radical (unpaired) electrons. The third-order valence-electron chi connectivity index (χ3n) is 14.9. The summed E-state index contributed by atoms with van der Waals surface area (Å²) in [5, 5.41) is 10.5. The Morgan fingerprint density at radius 3 is 0.866 bits per heavy atom. The largest absolute Gasteiger partial charge is 0.472 e. The molecule has 0 saturated carbocycles. The molecule has 0 aliphatic heterocycles. The minimum Gasteiger partial charge on any atom is -0.462 e. The zero-order valence-corrected chi connectivity index (χ0v) is 54.4. The van der Waals surface area contributed by atoms with Crippen LogP contribution in [0.1, 0.15) is 317 Å². The van der Waals surface area contributed by atoms with Crippen LogP contribution in [0.5, 0.6) is 0 Å². The summed E-state index contributed by atoms with van der Waals surface area (Å²) in [6.45, 7) is 7.15. The standard InChI is InChI=1S/C63H122O17P2/c1-6-10-13-16-19-22-23-24-25-27-34-39-44-49-63(68)80-59(53-74-61(66)47-42-37-32-29-28-30-35-40-45-56(5)9-4)55-78-82(71,72)76-51-57(64)50-75-81(69,70)77-54-58(52-73-60(65)46-41-36-31-21-18-15-12-8-3)79-62(67)48-43-38-33-26-20-17-14-11-7-2/h56-59,64H,6-55H2,1-5H3,(H,69,70)(H,71,72)/t56?,57-,58+,59+/m0/s1. The third kappa shape index (κ3) is 55.9. The molecule has 0 spiro atoms. The highest BCUT2D eigenvalue weighted by Crippen LogP contribution is 2.45. The average Bonchev–Trinajstić information content (AvgIpc) is 3.45. The maximum Gasteiger partial charge on any atom is 0.472 e. The number of carbonyl (C=O) groups excluding carboxylic acids is 4. The Labute approximate surface area is 498 Å². The van der Waals surface area contributed by atoms with Gasteiger partial charge in [-0.05, 0) is 31.6 Å². The minimum absolute atomic E-state index is 0.106. The summed E-state index contributed by atoms with van der Waals surface area (Å²) in [5.41, 5.74) is 0. The van der Waals surface area contributed by atoms with E-state index < -0.39 is 97.5 Å². The van der Waals surface area contributed by atoms with Gasteiger partial charge in [-0.2, -0.15) is 0 Å². The van der Waals surface area contributed by atoms with E-state index in [1.807, 2.05) is 0 Å². The predicted molar refractivity (Wildman–Crippen MR) is 326 cm³/mol. The van der Waals surface area contributed by atoms with E-state index in [1.165, 1.54) is 135 Å². The molecule has 19 heteroatoms. The van der Waals surface area contributed by atoms with Crippen LogP contribution in [0.15, 0.2) is 0 Å². The first-order valence-corrected chi connectivity index (χ1v) is 36.2. The van der Waals surface area contributed by atoms with Crippen LogP contribution in [0.2, 0.25) is 0 Å². The zero-order valence-electron chi connectivity index (χ0n) is 52.6. The van der Waals surface area contributed by atoms with Crippen molar-refractivity contribution in [2.45, 2.75) is 335 Å². The van der Waals surface area contributed by atoms with Crippen LogP contribution >= 0.6 is 15.6 Å². The van der Waals surface area contributed by atoms with Crippen LogP contribution < -0.4 is 0 Å². The number of hydrogen-bond donors (Lipinski definition) is 3. The van der Waals surface area contributed by atoms with Crippen LogP contribution in [-0.4, -0.2) is 96.7 Å². The molecule has 6 atom stereocenters. The minimum atomic E-state index is -4.94. The fraction of sp³-hybridized carbons (Fsp3) is 0.937. The van der Waals surface area contributed by atoms with E-state index in [2.05, 4.69) is 34.6 Å². The first-order valence-electron chi connectivity index (χ1n) is 33.2. The van der Waals surface area contributed by atoms with Crippen molar-refractivity contribution in [2.75, 3.05) is 39.6 Å². The molecule has 0 aromatic heterocycles. The second-order valence-corrected chi connectivity index (χ2v) is 25.9. The van der Waals surface area contributed by atoms with E-state index in [0.29, 0.717) is 25.7 Å².